The largest absolute Gasteiger partial charge is 0.465 e. The molecule has 6 heteroatoms. The van der Waals surface area contributed by atoms with Gasteiger partial charge in [0.05, 0.1) is 12.7 Å². The van der Waals surface area contributed by atoms with Crippen molar-refractivity contribution in [2.45, 2.75) is 6.92 Å². The first kappa shape index (κ1) is 16.9. The normalized spacial score (nSPS) is 10.3. The topological polar surface area (TPSA) is 68.3 Å². The summed E-state index contributed by atoms with van der Waals surface area (Å²) in [6.45, 7) is 1.95. The molecule has 0 radical (unpaired) electrons. The van der Waals surface area contributed by atoms with E-state index >= 15 is 0 Å². The van der Waals surface area contributed by atoms with E-state index in [9.17, 15) is 9.59 Å². The third kappa shape index (κ3) is 3.92. The molecule has 0 atom stereocenters. The first-order chi connectivity index (χ1) is 12.1. The molecule has 0 saturated carbocycles. The maximum absolute atomic E-state index is 12.3. The Hall–Kier alpha value is -2.99. The van der Waals surface area contributed by atoms with Gasteiger partial charge in [0.2, 0.25) is 0 Å². The first-order valence-electron chi connectivity index (χ1n) is 7.59. The highest BCUT2D eigenvalue weighted by molar-refractivity contribution is 7.13. The van der Waals surface area contributed by atoms with Gasteiger partial charge in [-0.25, -0.2) is 9.78 Å². The Morgan fingerprint density at radius 1 is 1.00 bits per heavy atom. The zero-order chi connectivity index (χ0) is 17.8. The van der Waals surface area contributed by atoms with E-state index in [0.29, 0.717) is 16.8 Å². The molecule has 126 valence electrons. The summed E-state index contributed by atoms with van der Waals surface area (Å²) in [5, 5.41) is 5.73. The maximum atomic E-state index is 12.3. The van der Waals surface area contributed by atoms with Gasteiger partial charge in [0.1, 0.15) is 5.01 Å². The van der Waals surface area contributed by atoms with Gasteiger partial charge in [-0.15, -0.1) is 11.3 Å². The molecule has 0 fully saturated rings. The second-order valence-electron chi connectivity index (χ2n) is 5.39. The lowest BCUT2D eigenvalue weighted by molar-refractivity contribution is 0.0600. The van der Waals surface area contributed by atoms with E-state index in [4.69, 9.17) is 0 Å². The summed E-state index contributed by atoms with van der Waals surface area (Å²) in [5.74, 6) is -0.626. The molecule has 25 heavy (non-hydrogen) atoms. The third-order valence-corrected chi connectivity index (χ3v) is 4.59. The third-order valence-electron chi connectivity index (χ3n) is 3.58. The minimum Gasteiger partial charge on any atom is -0.465 e. The second kappa shape index (κ2) is 7.27. The van der Waals surface area contributed by atoms with E-state index in [0.717, 1.165) is 16.3 Å². The Balaban J connectivity index is 1.70. The van der Waals surface area contributed by atoms with Crippen molar-refractivity contribution in [2.75, 3.05) is 12.4 Å². The van der Waals surface area contributed by atoms with E-state index in [2.05, 4.69) is 15.0 Å². The molecular weight excluding hydrogens is 336 g/mol. The van der Waals surface area contributed by atoms with Gasteiger partial charge in [-0.05, 0) is 43.3 Å². The summed E-state index contributed by atoms with van der Waals surface area (Å²) in [7, 11) is 1.33. The Bertz CT molecular complexity index is 899. The quantitative estimate of drug-likeness (QED) is 0.716. The fraction of sp³-hybridized carbons (Fsp3) is 0.105. The fourth-order valence-electron chi connectivity index (χ4n) is 2.26. The average Bonchev–Trinajstić information content (AvgIpc) is 3.08. The Kier molecular flexibility index (Phi) is 4.90. The van der Waals surface area contributed by atoms with Gasteiger partial charge in [-0.2, -0.15) is 0 Å². The number of amides is 1. The molecule has 1 N–H and O–H groups in total. The smallest absolute Gasteiger partial charge is 0.337 e. The number of carbonyl (C=O) groups excluding carboxylic acids is 2. The number of esters is 1. The number of hydrogen-bond donors (Lipinski definition) is 1. The summed E-state index contributed by atoms with van der Waals surface area (Å²) in [6, 6.07) is 13.8. The van der Waals surface area contributed by atoms with Crippen molar-refractivity contribution in [3.63, 3.8) is 0 Å². The van der Waals surface area contributed by atoms with Crippen LogP contribution in [0.15, 0.2) is 53.9 Å². The average molecular weight is 352 g/mol. The Morgan fingerprint density at radius 2 is 1.64 bits per heavy atom. The number of thiazole rings is 1. The van der Waals surface area contributed by atoms with Gasteiger partial charge in [-0.1, -0.05) is 12.1 Å². The molecule has 0 saturated heterocycles. The van der Waals surface area contributed by atoms with E-state index in [1.807, 2.05) is 24.4 Å². The Morgan fingerprint density at radius 3 is 2.20 bits per heavy atom. The van der Waals surface area contributed by atoms with Gasteiger partial charge in [0, 0.05) is 27.9 Å². The summed E-state index contributed by atoms with van der Waals surface area (Å²) in [4.78, 5) is 28.2. The second-order valence-corrected chi connectivity index (χ2v) is 6.25. The molecule has 1 aromatic heterocycles. The van der Waals surface area contributed by atoms with Gasteiger partial charge < -0.3 is 10.1 Å². The number of aromatic nitrogens is 1. The number of carbonyl (C=O) groups is 2. The van der Waals surface area contributed by atoms with Crippen LogP contribution >= 0.6 is 11.3 Å². The van der Waals surface area contributed by atoms with Crippen molar-refractivity contribution in [1.29, 1.82) is 0 Å². The van der Waals surface area contributed by atoms with Crippen molar-refractivity contribution >= 4 is 28.9 Å². The van der Waals surface area contributed by atoms with E-state index < -0.39 is 5.97 Å². The van der Waals surface area contributed by atoms with Crippen LogP contribution in [0.3, 0.4) is 0 Å². The van der Waals surface area contributed by atoms with Crippen LogP contribution in [-0.4, -0.2) is 24.0 Å². The lowest BCUT2D eigenvalue weighted by Gasteiger charge is -2.06. The van der Waals surface area contributed by atoms with E-state index in [1.165, 1.54) is 7.11 Å². The highest BCUT2D eigenvalue weighted by atomic mass is 32.1. The number of methoxy groups -OCH3 is 1. The lowest BCUT2D eigenvalue weighted by Crippen LogP contribution is -2.12. The number of nitrogens with zero attached hydrogens (tertiary/aromatic N) is 1. The van der Waals surface area contributed by atoms with E-state index in [-0.39, 0.29) is 5.91 Å². The summed E-state index contributed by atoms with van der Waals surface area (Å²) in [6.07, 6.45) is 0. The molecule has 1 amide bonds. The van der Waals surface area contributed by atoms with Gasteiger partial charge in [0.15, 0.2) is 0 Å². The molecule has 1 heterocycles. The molecule has 3 aromatic rings. The number of benzene rings is 2. The Labute approximate surface area is 149 Å². The molecule has 0 spiro atoms. The highest BCUT2D eigenvalue weighted by Gasteiger charge is 2.09. The van der Waals surface area contributed by atoms with Crippen LogP contribution in [0.25, 0.3) is 10.6 Å². The molecule has 2 aromatic carbocycles. The van der Waals surface area contributed by atoms with Gasteiger partial charge in [-0.3, -0.25) is 4.79 Å². The first-order valence-corrected chi connectivity index (χ1v) is 8.47. The standard InChI is InChI=1S/C19H16N2O3S/c1-12-11-25-18(20-12)14-5-3-13(4-6-14)17(22)21-16-9-7-15(8-10-16)19(23)24-2/h3-11H,1-2H3,(H,21,22). The molecular formula is C19H16N2O3S. The molecule has 5 nitrogen and oxygen atoms in total. The fourth-order valence-corrected chi connectivity index (χ4v) is 3.07. The predicted molar refractivity (Wildman–Crippen MR) is 98.0 cm³/mol. The summed E-state index contributed by atoms with van der Waals surface area (Å²) >= 11 is 1.58. The van der Waals surface area contributed by atoms with Crippen LogP contribution in [-0.2, 0) is 4.74 Å². The molecule has 3 rings (SSSR count). The summed E-state index contributed by atoms with van der Waals surface area (Å²) < 4.78 is 4.65. The predicted octanol–water partition coefficient (Wildman–Crippen LogP) is 4.16. The monoisotopic (exact) mass is 352 g/mol. The van der Waals surface area contributed by atoms with Crippen LogP contribution in [0.4, 0.5) is 5.69 Å². The van der Waals surface area contributed by atoms with Crippen molar-refractivity contribution in [3.05, 3.63) is 70.7 Å². The minimum atomic E-state index is -0.411. The highest BCUT2D eigenvalue weighted by Crippen LogP contribution is 2.24. The molecule has 0 bridgehead atoms. The minimum absolute atomic E-state index is 0.215. The van der Waals surface area contributed by atoms with Crippen LogP contribution in [0.1, 0.15) is 26.4 Å². The molecule has 0 aliphatic rings. The van der Waals surface area contributed by atoms with Gasteiger partial charge >= 0.3 is 5.97 Å². The number of anilines is 1. The van der Waals surface area contributed by atoms with Crippen LogP contribution in [0.2, 0.25) is 0 Å². The SMILES string of the molecule is COC(=O)c1ccc(NC(=O)c2ccc(-c3nc(C)cs3)cc2)cc1. The van der Waals surface area contributed by atoms with Crippen molar-refractivity contribution in [2.24, 2.45) is 0 Å². The molecule has 0 unspecified atom stereocenters. The van der Waals surface area contributed by atoms with Gasteiger partial charge in [0.25, 0.3) is 5.91 Å². The maximum Gasteiger partial charge on any atom is 0.337 e. The number of hydrogen-bond acceptors (Lipinski definition) is 5. The zero-order valence-corrected chi connectivity index (χ0v) is 14.6. The number of aryl methyl sites for hydroxylation is 1. The van der Waals surface area contributed by atoms with E-state index in [1.54, 1.807) is 47.7 Å². The number of rotatable bonds is 4. The van der Waals surface area contributed by atoms with Crippen molar-refractivity contribution in [3.8, 4) is 10.6 Å². The number of ether oxygens (including phenoxy) is 1. The molecule has 0 aliphatic carbocycles. The van der Waals surface area contributed by atoms with Crippen LogP contribution in [0, 0.1) is 6.92 Å². The summed E-state index contributed by atoms with van der Waals surface area (Å²) in [5.41, 5.74) is 3.56. The lowest BCUT2D eigenvalue weighted by atomic mass is 10.1. The number of nitrogens with one attached hydrogen (secondary N) is 1. The zero-order valence-electron chi connectivity index (χ0n) is 13.8. The van der Waals surface area contributed by atoms with Crippen molar-refractivity contribution in [1.82, 2.24) is 4.98 Å². The van der Waals surface area contributed by atoms with Crippen molar-refractivity contribution < 1.29 is 14.3 Å². The van der Waals surface area contributed by atoms with Crippen LogP contribution < -0.4 is 5.32 Å². The van der Waals surface area contributed by atoms with Crippen LogP contribution in [0.5, 0.6) is 0 Å². The molecule has 0 aliphatic heterocycles.